The van der Waals surface area contributed by atoms with Crippen LogP contribution in [-0.4, -0.2) is 22.1 Å². The first-order valence-electron chi connectivity index (χ1n) is 9.34. The quantitative estimate of drug-likeness (QED) is 0.897. The Hall–Kier alpha value is -2.14. The number of ether oxygens (including phenoxy) is 1. The fraction of sp³-hybridized carbons (Fsp3) is 0.500. The second kappa shape index (κ2) is 7.00. The average molecular weight is 338 g/mol. The first kappa shape index (κ1) is 16.3. The zero-order valence-corrected chi connectivity index (χ0v) is 14.5. The maximum Gasteiger partial charge on any atom is 0.223 e. The molecular weight excluding hydrogens is 312 g/mol. The van der Waals surface area contributed by atoms with Crippen LogP contribution < -0.4 is 16.2 Å². The molecular formula is C20H26N4O. The SMILES string of the molecule is Nc1nc(O[C@H]2CC[C@@H](N)CC2)c2c(n1)C(c1ccccc1)CCC2. The molecule has 0 aliphatic heterocycles. The van der Waals surface area contributed by atoms with E-state index in [0.717, 1.165) is 56.2 Å². The van der Waals surface area contributed by atoms with E-state index in [9.17, 15) is 0 Å². The van der Waals surface area contributed by atoms with Crippen molar-refractivity contribution in [1.29, 1.82) is 0 Å². The number of aromatic nitrogens is 2. The molecule has 1 aromatic carbocycles. The van der Waals surface area contributed by atoms with Crippen molar-refractivity contribution in [2.24, 2.45) is 5.73 Å². The Balaban J connectivity index is 1.65. The summed E-state index contributed by atoms with van der Waals surface area (Å²) >= 11 is 0. The van der Waals surface area contributed by atoms with E-state index >= 15 is 0 Å². The smallest absolute Gasteiger partial charge is 0.223 e. The van der Waals surface area contributed by atoms with Crippen molar-refractivity contribution in [3.8, 4) is 5.88 Å². The molecule has 2 aliphatic carbocycles. The number of nitrogens with zero attached hydrogens (tertiary/aromatic N) is 2. The van der Waals surface area contributed by atoms with Crippen molar-refractivity contribution in [2.45, 2.75) is 63.0 Å². The third-order valence-corrected chi connectivity index (χ3v) is 5.47. The van der Waals surface area contributed by atoms with Crippen LogP contribution in [0, 0.1) is 0 Å². The number of hydrogen-bond acceptors (Lipinski definition) is 5. The van der Waals surface area contributed by atoms with Crippen molar-refractivity contribution in [3.05, 3.63) is 47.2 Å². The highest BCUT2D eigenvalue weighted by Gasteiger charge is 2.29. The van der Waals surface area contributed by atoms with E-state index in [4.69, 9.17) is 16.2 Å². The van der Waals surface area contributed by atoms with Crippen LogP contribution >= 0.6 is 0 Å². The normalized spacial score (nSPS) is 26.0. The molecule has 1 aromatic heterocycles. The van der Waals surface area contributed by atoms with Gasteiger partial charge in [0.15, 0.2) is 0 Å². The Kier molecular flexibility index (Phi) is 4.57. The lowest BCUT2D eigenvalue weighted by Gasteiger charge is -2.30. The fourth-order valence-corrected chi connectivity index (χ4v) is 4.11. The van der Waals surface area contributed by atoms with Crippen LogP contribution in [0.5, 0.6) is 5.88 Å². The van der Waals surface area contributed by atoms with E-state index in [1.807, 2.05) is 6.07 Å². The minimum absolute atomic E-state index is 0.190. The highest BCUT2D eigenvalue weighted by molar-refractivity contribution is 5.43. The Bertz CT molecular complexity index is 726. The Labute approximate surface area is 148 Å². The Morgan fingerprint density at radius 2 is 1.72 bits per heavy atom. The lowest BCUT2D eigenvalue weighted by Crippen LogP contribution is -2.32. The van der Waals surface area contributed by atoms with E-state index < -0.39 is 0 Å². The van der Waals surface area contributed by atoms with E-state index in [0.29, 0.717) is 17.9 Å². The molecule has 2 aromatic rings. The monoisotopic (exact) mass is 338 g/mol. The summed E-state index contributed by atoms with van der Waals surface area (Å²) in [7, 11) is 0. The molecule has 132 valence electrons. The van der Waals surface area contributed by atoms with Gasteiger partial charge in [0.2, 0.25) is 11.8 Å². The van der Waals surface area contributed by atoms with Gasteiger partial charge in [-0.15, -0.1) is 0 Å². The van der Waals surface area contributed by atoms with Crippen molar-refractivity contribution in [3.63, 3.8) is 0 Å². The number of nitrogens with two attached hydrogens (primary N) is 2. The van der Waals surface area contributed by atoms with Gasteiger partial charge < -0.3 is 16.2 Å². The van der Waals surface area contributed by atoms with Gasteiger partial charge in [0.25, 0.3) is 0 Å². The molecule has 1 unspecified atom stereocenters. The van der Waals surface area contributed by atoms with Crippen LogP contribution in [0.15, 0.2) is 30.3 Å². The molecule has 0 spiro atoms. The minimum atomic E-state index is 0.190. The largest absolute Gasteiger partial charge is 0.474 e. The van der Waals surface area contributed by atoms with Crippen LogP contribution in [0.3, 0.4) is 0 Å². The topological polar surface area (TPSA) is 87.0 Å². The first-order chi connectivity index (χ1) is 12.2. The number of benzene rings is 1. The number of hydrogen-bond donors (Lipinski definition) is 2. The van der Waals surface area contributed by atoms with Gasteiger partial charge >= 0.3 is 0 Å². The van der Waals surface area contributed by atoms with E-state index in [1.54, 1.807) is 0 Å². The predicted octanol–water partition coefficient (Wildman–Crippen LogP) is 3.18. The van der Waals surface area contributed by atoms with Gasteiger partial charge in [-0.1, -0.05) is 30.3 Å². The van der Waals surface area contributed by atoms with Gasteiger partial charge in [0, 0.05) is 17.5 Å². The van der Waals surface area contributed by atoms with Crippen molar-refractivity contribution >= 4 is 5.95 Å². The third-order valence-electron chi connectivity index (χ3n) is 5.47. The maximum atomic E-state index is 6.28. The molecule has 1 atom stereocenters. The number of nitrogen functional groups attached to an aromatic ring is 1. The summed E-state index contributed by atoms with van der Waals surface area (Å²) in [5.74, 6) is 1.28. The summed E-state index contributed by atoms with van der Waals surface area (Å²) in [6, 6.07) is 10.9. The van der Waals surface area contributed by atoms with Crippen LogP contribution in [0.1, 0.15) is 61.3 Å². The molecule has 4 rings (SSSR count). The first-order valence-corrected chi connectivity index (χ1v) is 9.34. The summed E-state index contributed by atoms with van der Waals surface area (Å²) in [6.45, 7) is 0. The molecule has 1 saturated carbocycles. The number of anilines is 1. The lowest BCUT2D eigenvalue weighted by atomic mass is 9.82. The number of rotatable bonds is 3. The second-order valence-corrected chi connectivity index (χ2v) is 7.26. The summed E-state index contributed by atoms with van der Waals surface area (Å²) in [5, 5.41) is 0. The molecule has 0 amide bonds. The molecule has 5 heteroatoms. The third kappa shape index (κ3) is 3.47. The summed E-state index contributed by atoms with van der Waals surface area (Å²) in [5.41, 5.74) is 15.5. The minimum Gasteiger partial charge on any atom is -0.474 e. The fourth-order valence-electron chi connectivity index (χ4n) is 4.11. The van der Waals surface area contributed by atoms with Gasteiger partial charge in [0.1, 0.15) is 6.10 Å². The molecule has 0 saturated heterocycles. The molecule has 1 fully saturated rings. The van der Waals surface area contributed by atoms with Gasteiger partial charge in [0.05, 0.1) is 5.69 Å². The predicted molar refractivity (Wildman–Crippen MR) is 98.5 cm³/mol. The highest BCUT2D eigenvalue weighted by atomic mass is 16.5. The van der Waals surface area contributed by atoms with Crippen LogP contribution in [0.4, 0.5) is 5.95 Å². The van der Waals surface area contributed by atoms with E-state index in [-0.39, 0.29) is 12.0 Å². The molecule has 4 N–H and O–H groups in total. The number of fused-ring (bicyclic) bond motifs is 1. The standard InChI is InChI=1S/C20H26N4O/c21-14-9-11-15(12-10-14)25-19-17-8-4-7-16(13-5-2-1-3-6-13)18(17)23-20(22)24-19/h1-3,5-6,14-16H,4,7-12,21H2,(H2,22,23,24)/t14-,15+,16?. The molecule has 25 heavy (non-hydrogen) atoms. The van der Waals surface area contributed by atoms with Crippen molar-refractivity contribution in [1.82, 2.24) is 9.97 Å². The van der Waals surface area contributed by atoms with Gasteiger partial charge in [-0.05, 0) is 50.5 Å². The molecule has 0 bridgehead atoms. The Morgan fingerprint density at radius 3 is 2.48 bits per heavy atom. The molecule has 2 aliphatic rings. The zero-order valence-electron chi connectivity index (χ0n) is 14.5. The van der Waals surface area contributed by atoms with Crippen LogP contribution in [0.2, 0.25) is 0 Å². The average Bonchev–Trinajstić information content (AvgIpc) is 2.64. The van der Waals surface area contributed by atoms with E-state index in [1.165, 1.54) is 5.56 Å². The molecule has 1 heterocycles. The lowest BCUT2D eigenvalue weighted by molar-refractivity contribution is 0.139. The van der Waals surface area contributed by atoms with Crippen molar-refractivity contribution in [2.75, 3.05) is 5.73 Å². The summed E-state index contributed by atoms with van der Waals surface area (Å²) in [4.78, 5) is 9.04. The maximum absolute atomic E-state index is 6.28. The Morgan fingerprint density at radius 1 is 0.960 bits per heavy atom. The summed E-state index contributed by atoms with van der Waals surface area (Å²) in [6.07, 6.45) is 7.36. The zero-order chi connectivity index (χ0) is 17.2. The molecule has 0 radical (unpaired) electrons. The van der Waals surface area contributed by atoms with Crippen molar-refractivity contribution < 1.29 is 4.74 Å². The molecule has 5 nitrogen and oxygen atoms in total. The van der Waals surface area contributed by atoms with Gasteiger partial charge in [-0.3, -0.25) is 0 Å². The van der Waals surface area contributed by atoms with Gasteiger partial charge in [-0.2, -0.15) is 4.98 Å². The second-order valence-electron chi connectivity index (χ2n) is 7.26. The summed E-state index contributed by atoms with van der Waals surface area (Å²) < 4.78 is 6.28. The van der Waals surface area contributed by atoms with Crippen LogP contribution in [-0.2, 0) is 6.42 Å². The van der Waals surface area contributed by atoms with E-state index in [2.05, 4.69) is 34.2 Å². The van der Waals surface area contributed by atoms with Crippen LogP contribution in [0.25, 0.3) is 0 Å². The highest BCUT2D eigenvalue weighted by Crippen LogP contribution is 2.39. The van der Waals surface area contributed by atoms with Gasteiger partial charge in [-0.25, -0.2) is 4.98 Å².